The molecule has 5 heteroatoms. The number of aromatic nitrogens is 2. The third-order valence-corrected chi connectivity index (χ3v) is 3.68. The monoisotopic (exact) mass is 298 g/mol. The van der Waals surface area contributed by atoms with Gasteiger partial charge in [-0.2, -0.15) is 0 Å². The number of hydrogen-bond donors (Lipinski definition) is 2. The summed E-state index contributed by atoms with van der Waals surface area (Å²) in [6.45, 7) is 6.04. The van der Waals surface area contributed by atoms with Crippen molar-refractivity contribution in [1.82, 2.24) is 10.2 Å². The second-order valence-corrected chi connectivity index (χ2v) is 5.25. The Morgan fingerprint density at radius 1 is 1.05 bits per heavy atom. The second kappa shape index (κ2) is 7.54. The number of aryl methyl sites for hydroxylation is 1. The summed E-state index contributed by atoms with van der Waals surface area (Å²) in [7, 11) is 0. The lowest BCUT2D eigenvalue weighted by Crippen LogP contribution is -2.22. The molecule has 0 aliphatic heterocycles. The fourth-order valence-corrected chi connectivity index (χ4v) is 2.20. The van der Waals surface area contributed by atoms with Crippen LogP contribution in [0, 0.1) is 12.8 Å². The summed E-state index contributed by atoms with van der Waals surface area (Å²) in [4.78, 5) is 12.0. The Bertz CT molecular complexity index is 621. The van der Waals surface area contributed by atoms with Gasteiger partial charge in [-0.1, -0.05) is 32.0 Å². The zero-order valence-corrected chi connectivity index (χ0v) is 13.3. The van der Waals surface area contributed by atoms with Gasteiger partial charge in [-0.15, -0.1) is 10.2 Å². The van der Waals surface area contributed by atoms with Crippen LogP contribution in [0.1, 0.15) is 32.3 Å². The van der Waals surface area contributed by atoms with Gasteiger partial charge < -0.3 is 10.6 Å². The van der Waals surface area contributed by atoms with Crippen LogP contribution < -0.4 is 10.6 Å². The normalized spacial score (nSPS) is 10.5. The molecule has 0 aliphatic rings. The summed E-state index contributed by atoms with van der Waals surface area (Å²) < 4.78 is 0. The highest BCUT2D eigenvalue weighted by molar-refractivity contribution is 5.91. The van der Waals surface area contributed by atoms with Crippen LogP contribution in [-0.2, 0) is 4.79 Å². The van der Waals surface area contributed by atoms with E-state index in [0.29, 0.717) is 11.6 Å². The van der Waals surface area contributed by atoms with Gasteiger partial charge in [0, 0.05) is 11.6 Å². The van der Waals surface area contributed by atoms with Crippen LogP contribution in [0.2, 0.25) is 0 Å². The Hall–Kier alpha value is -2.43. The van der Waals surface area contributed by atoms with E-state index in [1.54, 1.807) is 6.07 Å². The van der Waals surface area contributed by atoms with Gasteiger partial charge in [-0.25, -0.2) is 0 Å². The van der Waals surface area contributed by atoms with Crippen molar-refractivity contribution in [3.63, 3.8) is 0 Å². The zero-order valence-electron chi connectivity index (χ0n) is 13.3. The van der Waals surface area contributed by atoms with Crippen LogP contribution in [0.15, 0.2) is 36.4 Å². The number of anilines is 3. The zero-order chi connectivity index (χ0) is 15.9. The van der Waals surface area contributed by atoms with E-state index in [0.717, 1.165) is 24.1 Å². The third-order valence-electron chi connectivity index (χ3n) is 3.68. The van der Waals surface area contributed by atoms with Gasteiger partial charge >= 0.3 is 0 Å². The maximum Gasteiger partial charge on any atom is 0.228 e. The lowest BCUT2D eigenvalue weighted by Gasteiger charge is -2.12. The molecule has 0 unspecified atom stereocenters. The first-order valence-electron chi connectivity index (χ1n) is 7.61. The lowest BCUT2D eigenvalue weighted by molar-refractivity contribution is -0.120. The molecule has 5 nitrogen and oxygen atoms in total. The number of nitrogens with zero attached hydrogens (tertiary/aromatic N) is 2. The summed E-state index contributed by atoms with van der Waals surface area (Å²) in [6, 6.07) is 11.5. The van der Waals surface area contributed by atoms with E-state index in [1.807, 2.05) is 51.1 Å². The van der Waals surface area contributed by atoms with Crippen LogP contribution in [0.3, 0.4) is 0 Å². The van der Waals surface area contributed by atoms with E-state index in [-0.39, 0.29) is 11.8 Å². The van der Waals surface area contributed by atoms with E-state index in [2.05, 4.69) is 20.8 Å². The predicted molar refractivity (Wildman–Crippen MR) is 89.2 cm³/mol. The molecule has 0 aliphatic carbocycles. The lowest BCUT2D eigenvalue weighted by atomic mass is 10.0. The fraction of sp³-hybridized carbons (Fsp3) is 0.353. The molecule has 1 aromatic carbocycles. The van der Waals surface area contributed by atoms with Crippen molar-refractivity contribution < 1.29 is 4.79 Å². The maximum absolute atomic E-state index is 12.0. The smallest absolute Gasteiger partial charge is 0.228 e. The molecule has 2 N–H and O–H groups in total. The quantitative estimate of drug-likeness (QED) is 0.848. The van der Waals surface area contributed by atoms with Gasteiger partial charge in [0.15, 0.2) is 11.6 Å². The third kappa shape index (κ3) is 4.04. The molecule has 0 saturated carbocycles. The van der Waals surface area contributed by atoms with Gasteiger partial charge in [0.25, 0.3) is 0 Å². The summed E-state index contributed by atoms with van der Waals surface area (Å²) in [5.74, 6) is 1.15. The molecule has 22 heavy (non-hydrogen) atoms. The fourth-order valence-electron chi connectivity index (χ4n) is 2.20. The molecule has 2 rings (SSSR count). The first-order chi connectivity index (χ1) is 10.6. The molecule has 0 spiro atoms. The number of para-hydroxylation sites is 1. The van der Waals surface area contributed by atoms with Crippen LogP contribution in [0.4, 0.5) is 17.3 Å². The van der Waals surface area contributed by atoms with Crippen molar-refractivity contribution >= 4 is 23.2 Å². The molecule has 0 atom stereocenters. The Labute approximate surface area is 131 Å². The first kappa shape index (κ1) is 15.9. The Balaban J connectivity index is 2.02. The summed E-state index contributed by atoms with van der Waals surface area (Å²) in [5, 5.41) is 14.2. The van der Waals surface area contributed by atoms with Crippen LogP contribution in [0.25, 0.3) is 0 Å². The SMILES string of the molecule is CCC(CC)C(=O)Nc1ccc(Nc2ccccc2C)nn1. The van der Waals surface area contributed by atoms with Gasteiger partial charge in [-0.3, -0.25) is 4.79 Å². The minimum absolute atomic E-state index is 0.00101. The summed E-state index contributed by atoms with van der Waals surface area (Å²) in [6.07, 6.45) is 1.64. The van der Waals surface area contributed by atoms with E-state index < -0.39 is 0 Å². The molecule has 0 bridgehead atoms. The highest BCUT2D eigenvalue weighted by Crippen LogP contribution is 2.19. The Morgan fingerprint density at radius 2 is 1.68 bits per heavy atom. The highest BCUT2D eigenvalue weighted by Gasteiger charge is 2.14. The first-order valence-corrected chi connectivity index (χ1v) is 7.61. The molecule has 0 saturated heterocycles. The predicted octanol–water partition coefficient (Wildman–Crippen LogP) is 3.90. The van der Waals surface area contributed by atoms with Gasteiger partial charge in [0.2, 0.25) is 5.91 Å². The van der Waals surface area contributed by atoms with Crippen molar-refractivity contribution in [2.24, 2.45) is 5.92 Å². The molecule has 116 valence electrons. The van der Waals surface area contributed by atoms with Crippen molar-refractivity contribution in [3.8, 4) is 0 Å². The molecule has 1 aromatic heterocycles. The maximum atomic E-state index is 12.0. The number of amides is 1. The highest BCUT2D eigenvalue weighted by atomic mass is 16.1. The van der Waals surface area contributed by atoms with Crippen LogP contribution in [0.5, 0.6) is 0 Å². The van der Waals surface area contributed by atoms with E-state index in [1.165, 1.54) is 0 Å². The number of nitrogens with one attached hydrogen (secondary N) is 2. The molecule has 1 heterocycles. The largest absolute Gasteiger partial charge is 0.339 e. The average molecular weight is 298 g/mol. The molecular formula is C17H22N4O. The van der Waals surface area contributed by atoms with Crippen molar-refractivity contribution in [1.29, 1.82) is 0 Å². The number of rotatable bonds is 6. The van der Waals surface area contributed by atoms with Crippen molar-refractivity contribution in [2.45, 2.75) is 33.6 Å². The van der Waals surface area contributed by atoms with Crippen molar-refractivity contribution in [2.75, 3.05) is 10.6 Å². The van der Waals surface area contributed by atoms with Crippen molar-refractivity contribution in [3.05, 3.63) is 42.0 Å². The van der Waals surface area contributed by atoms with Gasteiger partial charge in [-0.05, 0) is 43.5 Å². The Kier molecular flexibility index (Phi) is 5.47. The van der Waals surface area contributed by atoms with Crippen LogP contribution >= 0.6 is 0 Å². The van der Waals surface area contributed by atoms with Gasteiger partial charge in [0.1, 0.15) is 0 Å². The molecule has 2 aromatic rings. The minimum atomic E-state index is -0.00101. The van der Waals surface area contributed by atoms with E-state index >= 15 is 0 Å². The number of carbonyl (C=O) groups excluding carboxylic acids is 1. The summed E-state index contributed by atoms with van der Waals surface area (Å²) >= 11 is 0. The standard InChI is InChI=1S/C17H22N4O/c1-4-13(5-2)17(22)19-16-11-10-15(20-21-16)18-14-9-7-6-8-12(14)3/h6-11,13H,4-5H2,1-3H3,(H,18,20)(H,19,21,22). The van der Waals surface area contributed by atoms with Crippen LogP contribution in [-0.4, -0.2) is 16.1 Å². The average Bonchev–Trinajstić information content (AvgIpc) is 2.52. The number of benzene rings is 1. The molecular weight excluding hydrogens is 276 g/mol. The minimum Gasteiger partial charge on any atom is -0.339 e. The van der Waals surface area contributed by atoms with E-state index in [9.17, 15) is 4.79 Å². The number of hydrogen-bond acceptors (Lipinski definition) is 4. The van der Waals surface area contributed by atoms with E-state index in [4.69, 9.17) is 0 Å². The second-order valence-electron chi connectivity index (χ2n) is 5.25. The molecule has 0 radical (unpaired) electrons. The topological polar surface area (TPSA) is 66.9 Å². The summed E-state index contributed by atoms with van der Waals surface area (Å²) in [5.41, 5.74) is 2.13. The Morgan fingerprint density at radius 3 is 2.27 bits per heavy atom. The van der Waals surface area contributed by atoms with Gasteiger partial charge in [0.05, 0.1) is 0 Å². The number of carbonyl (C=O) groups is 1. The molecule has 0 fully saturated rings. The molecule has 1 amide bonds.